The van der Waals surface area contributed by atoms with Crippen LogP contribution in [0.4, 0.5) is 4.79 Å². The number of hydrogen-bond donors (Lipinski definition) is 3. The minimum atomic E-state index is -0.691. The average molecular weight is 159 g/mol. The summed E-state index contributed by atoms with van der Waals surface area (Å²) in [6, 6.07) is -1.27. The molecule has 0 atom stereocenters. The van der Waals surface area contributed by atoms with Gasteiger partial charge in [-0.3, -0.25) is 4.99 Å². The van der Waals surface area contributed by atoms with E-state index < -0.39 is 12.1 Å². The normalized spacial score (nSPS) is 11.1. The highest BCUT2D eigenvalue weighted by Crippen LogP contribution is 1.76. The standard InChI is InChI=1S/C5H12N4O2/c6-4(10)8-2-1-3-9-5(7)11/h1-3H2,(H3,6,8,10)(H3,7,9,11)/p-1. The van der Waals surface area contributed by atoms with E-state index in [9.17, 15) is 9.90 Å². The van der Waals surface area contributed by atoms with Crippen LogP contribution in [-0.4, -0.2) is 25.1 Å². The Morgan fingerprint density at radius 3 is 2.64 bits per heavy atom. The molecule has 0 aliphatic heterocycles. The molecule has 2 amide bonds. The maximum absolute atomic E-state index is 10.1. The first kappa shape index (κ1) is 9.54. The molecule has 0 aromatic carbocycles. The maximum atomic E-state index is 10.1. The number of amidine groups is 1. The van der Waals surface area contributed by atoms with E-state index in [1.807, 2.05) is 0 Å². The Kier molecular flexibility index (Phi) is 4.63. The summed E-state index contributed by atoms with van der Waals surface area (Å²) in [5, 5.41) is 12.4. The van der Waals surface area contributed by atoms with Crippen LogP contribution in [0.2, 0.25) is 0 Å². The van der Waals surface area contributed by atoms with Crippen LogP contribution in [0.5, 0.6) is 0 Å². The summed E-state index contributed by atoms with van der Waals surface area (Å²) in [5.41, 5.74) is 9.48. The number of urea groups is 1. The molecule has 6 heteroatoms. The lowest BCUT2D eigenvalue weighted by Gasteiger charge is -2.02. The van der Waals surface area contributed by atoms with Gasteiger partial charge in [-0.2, -0.15) is 0 Å². The van der Waals surface area contributed by atoms with Crippen LogP contribution >= 0.6 is 0 Å². The van der Waals surface area contributed by atoms with Gasteiger partial charge in [0, 0.05) is 19.1 Å². The molecule has 0 bridgehead atoms. The minimum absolute atomic E-state index is 0.315. The van der Waals surface area contributed by atoms with Gasteiger partial charge in [-0.25, -0.2) is 4.79 Å². The molecule has 64 valence electrons. The number of carbonyl (C=O) groups excluding carboxylic acids is 1. The lowest BCUT2D eigenvalue weighted by molar-refractivity contribution is -0.217. The van der Waals surface area contributed by atoms with Gasteiger partial charge in [0.25, 0.3) is 0 Å². The van der Waals surface area contributed by atoms with E-state index in [1.165, 1.54) is 0 Å². The lowest BCUT2D eigenvalue weighted by Crippen LogP contribution is -2.31. The Labute approximate surface area is 64.3 Å². The van der Waals surface area contributed by atoms with Crippen LogP contribution in [0.25, 0.3) is 0 Å². The van der Waals surface area contributed by atoms with Gasteiger partial charge < -0.3 is 21.9 Å². The molecule has 0 unspecified atom stereocenters. The summed E-state index contributed by atoms with van der Waals surface area (Å²) >= 11 is 0. The second-order valence-electron chi connectivity index (χ2n) is 1.86. The summed E-state index contributed by atoms with van der Waals surface area (Å²) in [6.07, 6.45) is 0.561. The minimum Gasteiger partial charge on any atom is -0.847 e. The van der Waals surface area contributed by atoms with Crippen molar-refractivity contribution in [2.45, 2.75) is 6.42 Å². The SMILES string of the molecule is NC(=O)NCCCN=C(N)[O-]. The first-order valence-corrected chi connectivity index (χ1v) is 3.13. The van der Waals surface area contributed by atoms with Crippen LogP contribution in [0, 0.1) is 0 Å². The van der Waals surface area contributed by atoms with Crippen molar-refractivity contribution in [3.05, 3.63) is 0 Å². The van der Waals surface area contributed by atoms with Crippen molar-refractivity contribution in [2.24, 2.45) is 16.5 Å². The zero-order chi connectivity index (χ0) is 8.69. The number of amides is 2. The van der Waals surface area contributed by atoms with Gasteiger partial charge in [-0.1, -0.05) is 0 Å². The molecular weight excluding hydrogens is 148 g/mol. The fraction of sp³-hybridized carbons (Fsp3) is 0.600. The van der Waals surface area contributed by atoms with Crippen molar-refractivity contribution in [3.63, 3.8) is 0 Å². The van der Waals surface area contributed by atoms with Crippen molar-refractivity contribution >= 4 is 12.1 Å². The number of hydrogen-bond acceptors (Lipinski definition) is 3. The van der Waals surface area contributed by atoms with E-state index >= 15 is 0 Å². The molecule has 0 aliphatic carbocycles. The lowest BCUT2D eigenvalue weighted by atomic mass is 10.4. The highest BCUT2D eigenvalue weighted by atomic mass is 16.3. The van der Waals surface area contributed by atoms with E-state index in [4.69, 9.17) is 11.5 Å². The molecule has 6 nitrogen and oxygen atoms in total. The fourth-order valence-electron chi connectivity index (χ4n) is 0.480. The fourth-order valence-corrected chi connectivity index (χ4v) is 0.480. The monoisotopic (exact) mass is 159 g/mol. The van der Waals surface area contributed by atoms with Crippen molar-refractivity contribution in [2.75, 3.05) is 13.1 Å². The molecular formula is C5H11N4O2-. The largest absolute Gasteiger partial charge is 0.847 e. The van der Waals surface area contributed by atoms with Gasteiger partial charge in [-0.15, -0.1) is 0 Å². The molecule has 0 fully saturated rings. The second kappa shape index (κ2) is 5.33. The zero-order valence-electron chi connectivity index (χ0n) is 6.04. The molecule has 5 N–H and O–H groups in total. The Hall–Kier alpha value is -1.46. The highest BCUT2D eigenvalue weighted by molar-refractivity contribution is 5.71. The first-order chi connectivity index (χ1) is 5.13. The Morgan fingerprint density at radius 2 is 2.18 bits per heavy atom. The number of rotatable bonds is 4. The molecule has 0 saturated heterocycles. The van der Waals surface area contributed by atoms with Gasteiger partial charge in [-0.05, 0) is 6.42 Å². The Morgan fingerprint density at radius 1 is 1.55 bits per heavy atom. The average Bonchev–Trinajstić information content (AvgIpc) is 1.85. The van der Waals surface area contributed by atoms with Crippen LogP contribution in [-0.2, 0) is 0 Å². The predicted octanol–water partition coefficient (Wildman–Crippen LogP) is -2.28. The molecule has 0 heterocycles. The van der Waals surface area contributed by atoms with Gasteiger partial charge in [0.05, 0.1) is 0 Å². The van der Waals surface area contributed by atoms with Gasteiger partial charge >= 0.3 is 6.03 Å². The predicted molar refractivity (Wildman–Crippen MR) is 38.7 cm³/mol. The number of primary amides is 1. The number of nitrogens with zero attached hydrogens (tertiary/aromatic N) is 1. The summed E-state index contributed by atoms with van der Waals surface area (Å²) < 4.78 is 0. The van der Waals surface area contributed by atoms with Crippen molar-refractivity contribution < 1.29 is 9.90 Å². The third kappa shape index (κ3) is 8.54. The van der Waals surface area contributed by atoms with Crippen LogP contribution in [0.3, 0.4) is 0 Å². The summed E-state index contributed by atoms with van der Waals surface area (Å²) in [5.74, 6) is 0. The molecule has 0 aromatic heterocycles. The Bertz CT molecular complexity index is 153. The number of nitrogens with one attached hydrogen (secondary N) is 1. The van der Waals surface area contributed by atoms with E-state index in [0.717, 1.165) is 0 Å². The molecule has 0 saturated carbocycles. The van der Waals surface area contributed by atoms with Crippen LogP contribution in [0.1, 0.15) is 6.42 Å². The number of carbonyl (C=O) groups is 1. The highest BCUT2D eigenvalue weighted by Gasteiger charge is 1.88. The van der Waals surface area contributed by atoms with Gasteiger partial charge in [0.2, 0.25) is 0 Å². The van der Waals surface area contributed by atoms with Crippen LogP contribution in [0.15, 0.2) is 4.99 Å². The van der Waals surface area contributed by atoms with Crippen molar-refractivity contribution in [3.8, 4) is 0 Å². The van der Waals surface area contributed by atoms with Crippen LogP contribution < -0.4 is 21.9 Å². The van der Waals surface area contributed by atoms with Gasteiger partial charge in [0.1, 0.15) is 0 Å². The second-order valence-corrected chi connectivity index (χ2v) is 1.86. The number of aliphatic imine (C=N–C) groups is 1. The van der Waals surface area contributed by atoms with E-state index in [1.54, 1.807) is 0 Å². The number of nitrogens with two attached hydrogens (primary N) is 2. The van der Waals surface area contributed by atoms with E-state index in [-0.39, 0.29) is 0 Å². The quantitative estimate of drug-likeness (QED) is 0.243. The molecule has 0 aliphatic rings. The van der Waals surface area contributed by atoms with Gasteiger partial charge in [0.15, 0.2) is 0 Å². The smallest absolute Gasteiger partial charge is 0.312 e. The Balaban J connectivity index is 3.15. The van der Waals surface area contributed by atoms with E-state index in [2.05, 4.69) is 10.3 Å². The maximum Gasteiger partial charge on any atom is 0.312 e. The van der Waals surface area contributed by atoms with Crippen molar-refractivity contribution in [1.29, 1.82) is 0 Å². The third-order valence-electron chi connectivity index (χ3n) is 0.902. The topological polar surface area (TPSA) is 117 Å². The zero-order valence-corrected chi connectivity index (χ0v) is 6.04. The summed E-state index contributed by atoms with van der Waals surface area (Å²) in [6.45, 7) is 0.724. The molecule has 0 spiro atoms. The third-order valence-corrected chi connectivity index (χ3v) is 0.902. The molecule has 0 radical (unpaired) electrons. The summed E-state index contributed by atoms with van der Waals surface area (Å²) in [4.78, 5) is 13.5. The first-order valence-electron chi connectivity index (χ1n) is 3.13. The van der Waals surface area contributed by atoms with Crippen molar-refractivity contribution in [1.82, 2.24) is 5.32 Å². The molecule has 11 heavy (non-hydrogen) atoms. The van der Waals surface area contributed by atoms with E-state index in [0.29, 0.717) is 19.5 Å². The summed E-state index contributed by atoms with van der Waals surface area (Å²) in [7, 11) is 0. The molecule has 0 aromatic rings. The molecule has 0 rings (SSSR count).